The average molecular weight is 259 g/mol. The third-order valence-corrected chi connectivity index (χ3v) is 3.30. The van der Waals surface area contributed by atoms with Gasteiger partial charge in [0.05, 0.1) is 17.2 Å². The minimum Gasteiger partial charge on any atom is -0.393 e. The van der Waals surface area contributed by atoms with Gasteiger partial charge in [-0.05, 0) is 43.4 Å². The molecule has 0 radical (unpaired) electrons. The maximum Gasteiger partial charge on any atom is 0.141 e. The number of aliphatic hydroxyl groups is 1. The van der Waals surface area contributed by atoms with Crippen LogP contribution in [0.1, 0.15) is 24.8 Å². The number of ether oxygens (including phenoxy) is 1. The van der Waals surface area contributed by atoms with Gasteiger partial charge in [-0.15, -0.1) is 0 Å². The Hall–Kier alpha value is -0.640. The first-order chi connectivity index (χ1) is 8.15. The molecule has 0 amide bonds. The molecule has 1 aromatic rings. The summed E-state index contributed by atoms with van der Waals surface area (Å²) in [4.78, 5) is 0. The van der Waals surface area contributed by atoms with E-state index in [0.717, 1.165) is 25.0 Å². The van der Waals surface area contributed by atoms with E-state index in [1.165, 1.54) is 6.07 Å². The Morgan fingerprint density at radius 2 is 2.35 bits per heavy atom. The maximum absolute atomic E-state index is 12.9. The Bertz CT molecular complexity index is 378. The molecule has 0 spiro atoms. The van der Waals surface area contributed by atoms with Gasteiger partial charge < -0.3 is 9.84 Å². The first kappa shape index (κ1) is 12.8. The van der Waals surface area contributed by atoms with Crippen molar-refractivity contribution < 1.29 is 14.2 Å². The summed E-state index contributed by atoms with van der Waals surface area (Å²) < 4.78 is 18.4. The molecule has 2 atom stereocenters. The molecule has 1 aliphatic heterocycles. The molecule has 0 saturated carbocycles. The van der Waals surface area contributed by atoms with Gasteiger partial charge in [-0.1, -0.05) is 17.7 Å². The zero-order valence-electron chi connectivity index (χ0n) is 9.53. The predicted molar refractivity (Wildman–Crippen MR) is 64.7 cm³/mol. The summed E-state index contributed by atoms with van der Waals surface area (Å²) >= 11 is 5.69. The van der Waals surface area contributed by atoms with E-state index in [0.29, 0.717) is 12.8 Å². The number of hydrogen-bond acceptors (Lipinski definition) is 2. The number of rotatable bonds is 4. The normalized spacial score (nSPS) is 21.7. The first-order valence-electron chi connectivity index (χ1n) is 5.89. The minimum absolute atomic E-state index is 0.104. The zero-order valence-corrected chi connectivity index (χ0v) is 10.3. The van der Waals surface area contributed by atoms with Crippen LogP contribution in [0.15, 0.2) is 18.2 Å². The molecule has 4 heteroatoms. The Morgan fingerprint density at radius 1 is 1.53 bits per heavy atom. The summed E-state index contributed by atoms with van der Waals surface area (Å²) in [7, 11) is 0. The third kappa shape index (κ3) is 3.66. The van der Waals surface area contributed by atoms with E-state index >= 15 is 0 Å². The van der Waals surface area contributed by atoms with Crippen LogP contribution in [0.25, 0.3) is 0 Å². The Labute approximate surface area is 105 Å². The van der Waals surface area contributed by atoms with Gasteiger partial charge in [0.2, 0.25) is 0 Å². The largest absolute Gasteiger partial charge is 0.393 e. The number of halogens is 2. The van der Waals surface area contributed by atoms with Crippen LogP contribution in [0, 0.1) is 5.82 Å². The van der Waals surface area contributed by atoms with Crippen molar-refractivity contribution in [3.63, 3.8) is 0 Å². The van der Waals surface area contributed by atoms with Crippen LogP contribution in [0.5, 0.6) is 0 Å². The fourth-order valence-corrected chi connectivity index (χ4v) is 2.36. The summed E-state index contributed by atoms with van der Waals surface area (Å²) in [6, 6.07) is 4.55. The monoisotopic (exact) mass is 258 g/mol. The van der Waals surface area contributed by atoms with Crippen molar-refractivity contribution in [2.24, 2.45) is 0 Å². The van der Waals surface area contributed by atoms with Gasteiger partial charge in [-0.3, -0.25) is 0 Å². The molecule has 1 aromatic carbocycles. The lowest BCUT2D eigenvalue weighted by atomic mass is 10.0. The smallest absolute Gasteiger partial charge is 0.141 e. The fourth-order valence-electron chi connectivity index (χ4n) is 2.16. The van der Waals surface area contributed by atoms with E-state index in [1.807, 2.05) is 0 Å². The van der Waals surface area contributed by atoms with E-state index in [9.17, 15) is 9.50 Å². The number of benzene rings is 1. The minimum atomic E-state index is -0.459. The van der Waals surface area contributed by atoms with Crippen molar-refractivity contribution in [2.45, 2.75) is 37.9 Å². The second-order valence-corrected chi connectivity index (χ2v) is 4.88. The molecule has 0 aromatic heterocycles. The summed E-state index contributed by atoms with van der Waals surface area (Å²) in [5, 5.41) is 10.0. The van der Waals surface area contributed by atoms with Crippen LogP contribution in [0.2, 0.25) is 5.02 Å². The Kier molecular flexibility index (Phi) is 4.37. The lowest BCUT2D eigenvalue weighted by molar-refractivity contribution is 0.0541. The highest BCUT2D eigenvalue weighted by atomic mass is 35.5. The molecule has 94 valence electrons. The third-order valence-electron chi connectivity index (χ3n) is 3.01. The molecule has 2 unspecified atom stereocenters. The zero-order chi connectivity index (χ0) is 12.3. The van der Waals surface area contributed by atoms with E-state index in [1.54, 1.807) is 12.1 Å². The highest BCUT2D eigenvalue weighted by Gasteiger charge is 2.19. The maximum atomic E-state index is 12.9. The second kappa shape index (κ2) is 5.80. The molecule has 1 aliphatic rings. The van der Waals surface area contributed by atoms with Crippen molar-refractivity contribution in [3.05, 3.63) is 34.6 Å². The highest BCUT2D eigenvalue weighted by Crippen LogP contribution is 2.21. The first-order valence-corrected chi connectivity index (χ1v) is 6.26. The molecular formula is C13H16ClFO2. The van der Waals surface area contributed by atoms with Crippen LogP contribution < -0.4 is 0 Å². The Morgan fingerprint density at radius 3 is 3.00 bits per heavy atom. The SMILES string of the molecule is OC(Cc1ccc(F)c(Cl)c1)CC1CCCO1. The number of hydrogen-bond donors (Lipinski definition) is 1. The second-order valence-electron chi connectivity index (χ2n) is 4.48. The van der Waals surface area contributed by atoms with E-state index < -0.39 is 11.9 Å². The van der Waals surface area contributed by atoms with Crippen LogP contribution >= 0.6 is 11.6 Å². The van der Waals surface area contributed by atoms with Gasteiger partial charge in [0.1, 0.15) is 5.82 Å². The lowest BCUT2D eigenvalue weighted by Crippen LogP contribution is -2.19. The molecule has 2 rings (SSSR count). The van der Waals surface area contributed by atoms with E-state index in [4.69, 9.17) is 16.3 Å². The molecular weight excluding hydrogens is 243 g/mol. The van der Waals surface area contributed by atoms with Crippen LogP contribution in [-0.2, 0) is 11.2 Å². The summed E-state index contributed by atoms with van der Waals surface area (Å²) in [5.74, 6) is -0.427. The summed E-state index contributed by atoms with van der Waals surface area (Å²) in [5.41, 5.74) is 0.849. The summed E-state index contributed by atoms with van der Waals surface area (Å²) in [6.07, 6.45) is 2.91. The van der Waals surface area contributed by atoms with Crippen molar-refractivity contribution in [3.8, 4) is 0 Å². The van der Waals surface area contributed by atoms with Gasteiger partial charge in [-0.2, -0.15) is 0 Å². The molecule has 2 nitrogen and oxygen atoms in total. The van der Waals surface area contributed by atoms with Crippen LogP contribution in [-0.4, -0.2) is 23.9 Å². The molecule has 0 bridgehead atoms. The van der Waals surface area contributed by atoms with Gasteiger partial charge in [0, 0.05) is 6.61 Å². The van der Waals surface area contributed by atoms with Crippen molar-refractivity contribution in [2.75, 3.05) is 6.61 Å². The molecule has 0 aliphatic carbocycles. The summed E-state index contributed by atoms with van der Waals surface area (Å²) in [6.45, 7) is 0.791. The van der Waals surface area contributed by atoms with Gasteiger partial charge in [0.15, 0.2) is 0 Å². The highest BCUT2D eigenvalue weighted by molar-refractivity contribution is 6.30. The fraction of sp³-hybridized carbons (Fsp3) is 0.538. The van der Waals surface area contributed by atoms with E-state index in [-0.39, 0.29) is 11.1 Å². The molecule has 1 fully saturated rings. The van der Waals surface area contributed by atoms with Crippen LogP contribution in [0.3, 0.4) is 0 Å². The molecule has 17 heavy (non-hydrogen) atoms. The van der Waals surface area contributed by atoms with Gasteiger partial charge in [0.25, 0.3) is 0 Å². The van der Waals surface area contributed by atoms with Crippen molar-refractivity contribution in [1.82, 2.24) is 0 Å². The predicted octanol–water partition coefficient (Wildman–Crippen LogP) is 2.95. The van der Waals surface area contributed by atoms with E-state index in [2.05, 4.69) is 0 Å². The van der Waals surface area contributed by atoms with Gasteiger partial charge >= 0.3 is 0 Å². The Balaban J connectivity index is 1.88. The number of aliphatic hydroxyl groups excluding tert-OH is 1. The standard InChI is InChI=1S/C13H16ClFO2/c14-12-7-9(3-4-13(12)15)6-10(16)8-11-2-1-5-17-11/h3-4,7,10-11,16H,1-2,5-6,8H2. The van der Waals surface area contributed by atoms with Crippen molar-refractivity contribution >= 4 is 11.6 Å². The molecule has 1 saturated heterocycles. The average Bonchev–Trinajstić information content (AvgIpc) is 2.76. The van der Waals surface area contributed by atoms with Crippen molar-refractivity contribution in [1.29, 1.82) is 0 Å². The topological polar surface area (TPSA) is 29.5 Å². The molecule has 1 N–H and O–H groups in total. The van der Waals surface area contributed by atoms with Gasteiger partial charge in [-0.25, -0.2) is 4.39 Å². The lowest BCUT2D eigenvalue weighted by Gasteiger charge is -2.15. The van der Waals surface area contributed by atoms with Crippen LogP contribution in [0.4, 0.5) is 4.39 Å². The molecule has 1 heterocycles. The quantitative estimate of drug-likeness (QED) is 0.900.